The van der Waals surface area contributed by atoms with Gasteiger partial charge in [0.2, 0.25) is 5.91 Å². The van der Waals surface area contributed by atoms with Crippen LogP contribution < -0.4 is 0 Å². The van der Waals surface area contributed by atoms with Crippen LogP contribution in [0.3, 0.4) is 0 Å². The fourth-order valence-corrected chi connectivity index (χ4v) is 3.47. The van der Waals surface area contributed by atoms with E-state index in [1.54, 1.807) is 19.0 Å². The molecule has 0 unspecified atom stereocenters. The second-order valence-electron chi connectivity index (χ2n) is 5.91. The number of aryl methyl sites for hydroxylation is 2. The number of carbonyl (C=O) groups excluding carboxylic acids is 1. The summed E-state index contributed by atoms with van der Waals surface area (Å²) in [7, 11) is 3.52. The molecule has 124 valence electrons. The van der Waals surface area contributed by atoms with Crippen LogP contribution >= 0.6 is 11.8 Å². The first kappa shape index (κ1) is 16.5. The Balaban J connectivity index is 2.11. The summed E-state index contributed by atoms with van der Waals surface area (Å²) < 4.78 is 1.86. The van der Waals surface area contributed by atoms with Crippen molar-refractivity contribution in [3.05, 3.63) is 47.7 Å². The van der Waals surface area contributed by atoms with E-state index >= 15 is 0 Å². The molecule has 2 aromatic heterocycles. The van der Waals surface area contributed by atoms with Crippen LogP contribution in [-0.4, -0.2) is 45.3 Å². The first-order valence-electron chi connectivity index (χ1n) is 7.72. The molecule has 0 bridgehead atoms. The molecular formula is C18H20N4OS. The standard InChI is InChI=1S/C18H20N4OS/c1-12-10-13(2)20-22-17(12)16(14-8-6-5-7-9-14)19-18(22)24-11-15(23)21(3)4/h5-10H,11H2,1-4H3. The molecule has 1 amide bonds. The first-order valence-corrected chi connectivity index (χ1v) is 8.71. The number of nitrogens with zero attached hydrogens (tertiary/aromatic N) is 4. The van der Waals surface area contributed by atoms with Gasteiger partial charge in [-0.2, -0.15) is 5.10 Å². The number of imidazole rings is 1. The zero-order valence-corrected chi connectivity index (χ0v) is 15.1. The predicted octanol–water partition coefficient (Wildman–Crippen LogP) is 3.19. The molecule has 0 spiro atoms. The molecule has 0 atom stereocenters. The number of benzene rings is 1. The topological polar surface area (TPSA) is 50.5 Å². The maximum atomic E-state index is 11.9. The summed E-state index contributed by atoms with van der Waals surface area (Å²) in [6.07, 6.45) is 0. The van der Waals surface area contributed by atoms with Crippen molar-refractivity contribution < 1.29 is 4.79 Å². The zero-order chi connectivity index (χ0) is 17.3. The predicted molar refractivity (Wildman–Crippen MR) is 97.3 cm³/mol. The van der Waals surface area contributed by atoms with Crippen LogP contribution in [0, 0.1) is 13.8 Å². The number of thioether (sulfide) groups is 1. The van der Waals surface area contributed by atoms with Gasteiger partial charge in [0.05, 0.1) is 22.7 Å². The van der Waals surface area contributed by atoms with Crippen molar-refractivity contribution in [2.75, 3.05) is 19.8 Å². The van der Waals surface area contributed by atoms with Crippen molar-refractivity contribution in [1.82, 2.24) is 19.5 Å². The van der Waals surface area contributed by atoms with Gasteiger partial charge in [-0.05, 0) is 25.5 Å². The SMILES string of the molecule is Cc1cc(C)c2c(-c3ccccc3)nc(SCC(=O)N(C)C)n2n1. The number of hydrogen-bond acceptors (Lipinski definition) is 4. The molecule has 0 aliphatic rings. The number of hydrogen-bond donors (Lipinski definition) is 0. The summed E-state index contributed by atoms with van der Waals surface area (Å²) in [5.41, 5.74) is 5.00. The lowest BCUT2D eigenvalue weighted by Crippen LogP contribution is -2.23. The Labute approximate surface area is 145 Å². The highest BCUT2D eigenvalue weighted by molar-refractivity contribution is 7.99. The molecule has 24 heavy (non-hydrogen) atoms. The average molecular weight is 340 g/mol. The highest BCUT2D eigenvalue weighted by Gasteiger charge is 2.18. The summed E-state index contributed by atoms with van der Waals surface area (Å²) in [5.74, 6) is 0.400. The van der Waals surface area contributed by atoms with Gasteiger partial charge in [0, 0.05) is 19.7 Å². The van der Waals surface area contributed by atoms with Gasteiger partial charge >= 0.3 is 0 Å². The number of fused-ring (bicyclic) bond motifs is 1. The largest absolute Gasteiger partial charge is 0.348 e. The van der Waals surface area contributed by atoms with Gasteiger partial charge in [0.1, 0.15) is 0 Å². The van der Waals surface area contributed by atoms with Gasteiger partial charge in [-0.25, -0.2) is 9.50 Å². The van der Waals surface area contributed by atoms with Crippen molar-refractivity contribution in [1.29, 1.82) is 0 Å². The van der Waals surface area contributed by atoms with Crippen molar-refractivity contribution in [3.63, 3.8) is 0 Å². The Morgan fingerprint density at radius 3 is 2.58 bits per heavy atom. The van der Waals surface area contributed by atoms with Crippen molar-refractivity contribution >= 4 is 23.2 Å². The van der Waals surface area contributed by atoms with Crippen molar-refractivity contribution in [3.8, 4) is 11.3 Å². The molecule has 5 nitrogen and oxygen atoms in total. The van der Waals surface area contributed by atoms with Gasteiger partial charge < -0.3 is 4.90 Å². The third-order valence-corrected chi connectivity index (χ3v) is 4.67. The fraction of sp³-hybridized carbons (Fsp3) is 0.278. The summed E-state index contributed by atoms with van der Waals surface area (Å²) in [5, 5.41) is 5.36. The molecule has 0 N–H and O–H groups in total. The lowest BCUT2D eigenvalue weighted by molar-refractivity contribution is -0.125. The highest BCUT2D eigenvalue weighted by Crippen LogP contribution is 2.30. The summed E-state index contributed by atoms with van der Waals surface area (Å²) in [6, 6.07) is 12.1. The van der Waals surface area contributed by atoms with Crippen LogP contribution in [0.4, 0.5) is 0 Å². The lowest BCUT2D eigenvalue weighted by atomic mass is 10.1. The molecule has 0 aliphatic carbocycles. The average Bonchev–Trinajstić information content (AvgIpc) is 2.92. The molecule has 0 saturated heterocycles. The van der Waals surface area contributed by atoms with Crippen molar-refractivity contribution in [2.24, 2.45) is 0 Å². The Bertz CT molecular complexity index is 887. The molecule has 0 radical (unpaired) electrons. The second-order valence-corrected chi connectivity index (χ2v) is 6.86. The number of rotatable bonds is 4. The van der Waals surface area contributed by atoms with Crippen LogP contribution in [0.25, 0.3) is 16.8 Å². The number of aromatic nitrogens is 3. The van der Waals surface area contributed by atoms with Gasteiger partial charge in [0.25, 0.3) is 0 Å². The second kappa shape index (κ2) is 6.65. The van der Waals surface area contributed by atoms with Crippen LogP contribution in [0.1, 0.15) is 11.3 Å². The third kappa shape index (κ3) is 3.14. The maximum absolute atomic E-state index is 11.9. The van der Waals surface area contributed by atoms with E-state index in [1.165, 1.54) is 11.8 Å². The van der Waals surface area contributed by atoms with Crippen LogP contribution in [0.15, 0.2) is 41.6 Å². The summed E-state index contributed by atoms with van der Waals surface area (Å²) >= 11 is 1.42. The molecule has 0 saturated carbocycles. The van der Waals surface area contributed by atoms with Gasteiger partial charge in [-0.3, -0.25) is 4.79 Å². The Morgan fingerprint density at radius 2 is 1.92 bits per heavy atom. The molecule has 0 aliphatic heterocycles. The van der Waals surface area contributed by atoms with Gasteiger partial charge in [0.15, 0.2) is 5.16 Å². The zero-order valence-electron chi connectivity index (χ0n) is 14.3. The maximum Gasteiger partial charge on any atom is 0.232 e. The third-order valence-electron chi connectivity index (χ3n) is 3.75. The minimum atomic E-state index is 0.0578. The Morgan fingerprint density at radius 1 is 1.21 bits per heavy atom. The minimum absolute atomic E-state index is 0.0578. The lowest BCUT2D eigenvalue weighted by Gasteiger charge is -2.09. The monoisotopic (exact) mass is 340 g/mol. The van der Waals surface area contributed by atoms with E-state index in [4.69, 9.17) is 4.98 Å². The Hall–Kier alpha value is -2.34. The van der Waals surface area contributed by atoms with E-state index in [0.717, 1.165) is 33.2 Å². The number of carbonyl (C=O) groups is 1. The minimum Gasteiger partial charge on any atom is -0.348 e. The summed E-state index contributed by atoms with van der Waals surface area (Å²) in [4.78, 5) is 18.3. The first-order chi connectivity index (χ1) is 11.5. The highest BCUT2D eigenvalue weighted by atomic mass is 32.2. The van der Waals surface area contributed by atoms with E-state index in [2.05, 4.69) is 18.1 Å². The van der Waals surface area contributed by atoms with Gasteiger partial charge in [-0.15, -0.1) is 0 Å². The number of amides is 1. The van der Waals surface area contributed by atoms with Crippen molar-refractivity contribution in [2.45, 2.75) is 19.0 Å². The van der Waals surface area contributed by atoms with Crippen LogP contribution in [0.5, 0.6) is 0 Å². The van der Waals surface area contributed by atoms with E-state index in [0.29, 0.717) is 5.75 Å². The van der Waals surface area contributed by atoms with E-state index in [9.17, 15) is 4.79 Å². The Kier molecular flexibility index (Phi) is 4.57. The molecule has 1 aromatic carbocycles. The smallest absolute Gasteiger partial charge is 0.232 e. The van der Waals surface area contributed by atoms with E-state index < -0.39 is 0 Å². The van der Waals surface area contributed by atoms with E-state index in [1.807, 2.05) is 41.8 Å². The molecule has 3 rings (SSSR count). The normalized spacial score (nSPS) is 11.0. The van der Waals surface area contributed by atoms with Crippen LogP contribution in [-0.2, 0) is 4.79 Å². The molecular weight excluding hydrogens is 320 g/mol. The fourth-order valence-electron chi connectivity index (χ4n) is 2.55. The molecule has 6 heteroatoms. The van der Waals surface area contributed by atoms with Gasteiger partial charge in [-0.1, -0.05) is 42.1 Å². The summed E-state index contributed by atoms with van der Waals surface area (Å²) in [6.45, 7) is 4.03. The molecule has 3 aromatic rings. The van der Waals surface area contributed by atoms with E-state index in [-0.39, 0.29) is 5.91 Å². The molecule has 0 fully saturated rings. The quantitative estimate of drug-likeness (QED) is 0.685. The van der Waals surface area contributed by atoms with Crippen LogP contribution in [0.2, 0.25) is 0 Å². The molecule has 2 heterocycles.